The summed E-state index contributed by atoms with van der Waals surface area (Å²) in [5.74, 6) is -1.20. The molecule has 2 amide bonds. The van der Waals surface area contributed by atoms with E-state index in [2.05, 4.69) is 5.32 Å². The molecule has 7 heteroatoms. The number of nitrogens with zero attached hydrogens (tertiary/aromatic N) is 1. The van der Waals surface area contributed by atoms with Gasteiger partial charge in [0.1, 0.15) is 11.8 Å². The second kappa shape index (κ2) is 9.54. The Kier molecular flexibility index (Phi) is 7.74. The van der Waals surface area contributed by atoms with Crippen LogP contribution in [0.15, 0.2) is 24.3 Å². The van der Waals surface area contributed by atoms with Crippen LogP contribution in [0.2, 0.25) is 0 Å². The van der Waals surface area contributed by atoms with Crippen molar-refractivity contribution < 1.29 is 24.2 Å². The van der Waals surface area contributed by atoms with Crippen molar-refractivity contribution in [2.45, 2.75) is 33.2 Å². The first kappa shape index (κ1) is 19.5. The molecule has 132 valence electrons. The average molecular weight is 336 g/mol. The summed E-state index contributed by atoms with van der Waals surface area (Å²) in [5.41, 5.74) is 0.347. The summed E-state index contributed by atoms with van der Waals surface area (Å²) in [6, 6.07) is 5.63. The molecule has 0 aliphatic rings. The smallest absolute Gasteiger partial charge is 0.326 e. The van der Waals surface area contributed by atoms with Gasteiger partial charge in [-0.1, -0.05) is 13.0 Å². The van der Waals surface area contributed by atoms with E-state index in [9.17, 15) is 19.5 Å². The quantitative estimate of drug-likeness (QED) is 0.713. The molecule has 24 heavy (non-hydrogen) atoms. The van der Waals surface area contributed by atoms with E-state index in [1.807, 2.05) is 6.92 Å². The Morgan fingerprint density at radius 2 is 2.04 bits per heavy atom. The molecule has 0 fully saturated rings. The summed E-state index contributed by atoms with van der Waals surface area (Å²) in [6.45, 7) is 5.60. The number of carbonyl (C=O) groups is 3. The third-order valence-electron chi connectivity index (χ3n) is 3.37. The largest absolute Gasteiger partial charge is 0.494 e. The molecule has 0 spiro atoms. The standard InChI is InChI=1S/C17H24N2O5/c1-4-10-24-15-7-5-6-14(11-15)16(21)19(12(2)17(22)23)9-8-18-13(3)20/h5-7,11-12H,4,8-10H2,1-3H3,(H,18,20)(H,22,23). The van der Waals surface area contributed by atoms with Crippen LogP contribution < -0.4 is 10.1 Å². The van der Waals surface area contributed by atoms with Gasteiger partial charge in [0.15, 0.2) is 0 Å². The van der Waals surface area contributed by atoms with Gasteiger partial charge in [0.2, 0.25) is 5.91 Å². The molecule has 0 radical (unpaired) electrons. The van der Waals surface area contributed by atoms with E-state index in [4.69, 9.17) is 4.74 Å². The van der Waals surface area contributed by atoms with E-state index in [0.29, 0.717) is 17.9 Å². The van der Waals surface area contributed by atoms with Gasteiger partial charge in [-0.3, -0.25) is 9.59 Å². The molecule has 0 aliphatic carbocycles. The van der Waals surface area contributed by atoms with Crippen molar-refractivity contribution in [1.82, 2.24) is 10.2 Å². The highest BCUT2D eigenvalue weighted by Gasteiger charge is 2.26. The van der Waals surface area contributed by atoms with Crippen molar-refractivity contribution in [1.29, 1.82) is 0 Å². The fourth-order valence-corrected chi connectivity index (χ4v) is 2.06. The maximum atomic E-state index is 12.7. The van der Waals surface area contributed by atoms with E-state index >= 15 is 0 Å². The highest BCUT2D eigenvalue weighted by Crippen LogP contribution is 2.16. The van der Waals surface area contributed by atoms with Crippen LogP contribution in [0.3, 0.4) is 0 Å². The summed E-state index contributed by atoms with van der Waals surface area (Å²) in [7, 11) is 0. The SMILES string of the molecule is CCCOc1cccc(C(=O)N(CCNC(C)=O)C(C)C(=O)O)c1. The maximum absolute atomic E-state index is 12.7. The first-order valence-corrected chi connectivity index (χ1v) is 7.87. The highest BCUT2D eigenvalue weighted by molar-refractivity contribution is 5.96. The molecule has 1 atom stereocenters. The van der Waals surface area contributed by atoms with Crippen molar-refractivity contribution in [2.75, 3.05) is 19.7 Å². The Bertz CT molecular complexity index is 588. The van der Waals surface area contributed by atoms with Crippen LogP contribution >= 0.6 is 0 Å². The van der Waals surface area contributed by atoms with Gasteiger partial charge in [-0.25, -0.2) is 4.79 Å². The zero-order chi connectivity index (χ0) is 18.1. The molecule has 1 rings (SSSR count). The molecule has 1 aromatic carbocycles. The van der Waals surface area contributed by atoms with Gasteiger partial charge >= 0.3 is 5.97 Å². The van der Waals surface area contributed by atoms with Gasteiger partial charge in [0.25, 0.3) is 5.91 Å². The molecule has 7 nitrogen and oxygen atoms in total. The number of nitrogens with one attached hydrogen (secondary N) is 1. The number of carbonyl (C=O) groups excluding carboxylic acids is 2. The van der Waals surface area contributed by atoms with Crippen LogP contribution in [0.4, 0.5) is 0 Å². The second-order valence-corrected chi connectivity index (χ2v) is 5.37. The Labute approximate surface area is 141 Å². The molecule has 0 bridgehead atoms. The minimum Gasteiger partial charge on any atom is -0.494 e. The topological polar surface area (TPSA) is 95.9 Å². The van der Waals surface area contributed by atoms with E-state index in [-0.39, 0.29) is 19.0 Å². The Morgan fingerprint density at radius 3 is 2.62 bits per heavy atom. The van der Waals surface area contributed by atoms with Crippen molar-refractivity contribution in [3.05, 3.63) is 29.8 Å². The fourth-order valence-electron chi connectivity index (χ4n) is 2.06. The lowest BCUT2D eigenvalue weighted by molar-refractivity contribution is -0.141. The summed E-state index contributed by atoms with van der Waals surface area (Å²) in [5, 5.41) is 11.8. The predicted molar refractivity (Wildman–Crippen MR) is 89.0 cm³/mol. The van der Waals surface area contributed by atoms with Crippen molar-refractivity contribution in [3.8, 4) is 5.75 Å². The monoisotopic (exact) mass is 336 g/mol. The van der Waals surface area contributed by atoms with Gasteiger partial charge < -0.3 is 20.1 Å². The van der Waals surface area contributed by atoms with Crippen LogP contribution in [-0.4, -0.2) is 53.5 Å². The van der Waals surface area contributed by atoms with Crippen molar-refractivity contribution in [2.24, 2.45) is 0 Å². The number of carboxylic acids is 1. The molecule has 2 N–H and O–H groups in total. The third-order valence-corrected chi connectivity index (χ3v) is 3.37. The van der Waals surface area contributed by atoms with Gasteiger partial charge in [0.05, 0.1) is 6.61 Å². The minimum absolute atomic E-state index is 0.103. The van der Waals surface area contributed by atoms with Crippen LogP contribution in [-0.2, 0) is 9.59 Å². The van der Waals surface area contributed by atoms with Gasteiger partial charge in [-0.05, 0) is 31.5 Å². The van der Waals surface area contributed by atoms with Crippen molar-refractivity contribution in [3.63, 3.8) is 0 Å². The lowest BCUT2D eigenvalue weighted by atomic mass is 10.1. The number of benzene rings is 1. The summed E-state index contributed by atoms with van der Waals surface area (Å²) >= 11 is 0. The summed E-state index contributed by atoms with van der Waals surface area (Å²) in [4.78, 5) is 36.1. The van der Waals surface area contributed by atoms with E-state index < -0.39 is 17.9 Å². The fraction of sp³-hybridized carbons (Fsp3) is 0.471. The highest BCUT2D eigenvalue weighted by atomic mass is 16.5. The third kappa shape index (κ3) is 5.91. The van der Waals surface area contributed by atoms with Gasteiger partial charge in [-0.15, -0.1) is 0 Å². The Hall–Kier alpha value is -2.57. The number of aliphatic carboxylic acids is 1. The second-order valence-electron chi connectivity index (χ2n) is 5.37. The predicted octanol–water partition coefficient (Wildman–Crippen LogP) is 1.53. The molecule has 0 aliphatic heterocycles. The van der Waals surface area contributed by atoms with Crippen LogP contribution in [0, 0.1) is 0 Å². The average Bonchev–Trinajstić information content (AvgIpc) is 2.55. The van der Waals surface area contributed by atoms with Crippen LogP contribution in [0.5, 0.6) is 5.75 Å². The number of carboxylic acid groups (broad SMARTS) is 1. The molecule has 1 aromatic rings. The molecule has 0 saturated carbocycles. The molecule has 0 aromatic heterocycles. The summed E-state index contributed by atoms with van der Waals surface area (Å²) < 4.78 is 5.50. The molecular weight excluding hydrogens is 312 g/mol. The van der Waals surface area contributed by atoms with E-state index in [0.717, 1.165) is 6.42 Å². The summed E-state index contributed by atoms with van der Waals surface area (Å²) in [6.07, 6.45) is 0.844. The van der Waals surface area contributed by atoms with Gasteiger partial charge in [0, 0.05) is 25.6 Å². The van der Waals surface area contributed by atoms with E-state index in [1.54, 1.807) is 24.3 Å². The van der Waals surface area contributed by atoms with Crippen LogP contribution in [0.25, 0.3) is 0 Å². The number of ether oxygens (including phenoxy) is 1. The zero-order valence-corrected chi connectivity index (χ0v) is 14.2. The van der Waals surface area contributed by atoms with Crippen LogP contribution in [0.1, 0.15) is 37.6 Å². The lowest BCUT2D eigenvalue weighted by Gasteiger charge is -2.26. The maximum Gasteiger partial charge on any atom is 0.326 e. The van der Waals surface area contributed by atoms with Crippen molar-refractivity contribution >= 4 is 17.8 Å². The molecule has 0 heterocycles. The van der Waals surface area contributed by atoms with Gasteiger partial charge in [-0.2, -0.15) is 0 Å². The number of hydrogen-bond donors (Lipinski definition) is 2. The lowest BCUT2D eigenvalue weighted by Crippen LogP contribution is -2.46. The zero-order valence-electron chi connectivity index (χ0n) is 14.2. The molecule has 1 unspecified atom stereocenters. The Balaban J connectivity index is 2.93. The number of hydrogen-bond acceptors (Lipinski definition) is 4. The first-order valence-electron chi connectivity index (χ1n) is 7.87. The Morgan fingerprint density at radius 1 is 1.33 bits per heavy atom. The molecule has 0 saturated heterocycles. The van der Waals surface area contributed by atoms with E-state index in [1.165, 1.54) is 18.7 Å². The normalized spacial score (nSPS) is 11.5. The first-order chi connectivity index (χ1) is 11.4. The number of rotatable bonds is 9. The number of amides is 2. The minimum atomic E-state index is -1.11. The molecular formula is C17H24N2O5.